The van der Waals surface area contributed by atoms with Crippen molar-refractivity contribution in [2.75, 3.05) is 36.5 Å². The number of piperazine rings is 1. The van der Waals surface area contributed by atoms with E-state index in [4.69, 9.17) is 5.11 Å². The van der Waals surface area contributed by atoms with Crippen LogP contribution in [0.3, 0.4) is 0 Å². The maximum Gasteiger partial charge on any atom is 0.324 e. The molecule has 1 aromatic carbocycles. The number of nitrogens with zero attached hydrogens (tertiary/aromatic N) is 4. The first-order valence-corrected chi connectivity index (χ1v) is 11.3. The second-order valence-corrected chi connectivity index (χ2v) is 9.13. The molecule has 170 valence electrons. The molecule has 2 unspecified atom stereocenters. The van der Waals surface area contributed by atoms with Gasteiger partial charge in [-0.3, -0.25) is 5.32 Å². The van der Waals surface area contributed by atoms with Gasteiger partial charge in [-0.2, -0.15) is 0 Å². The molecule has 1 saturated heterocycles. The number of fused-ring (bicyclic) bond motifs is 1. The highest BCUT2D eigenvalue weighted by atomic mass is 32.1. The Bertz CT molecular complexity index is 1120. The number of urea groups is 1. The Morgan fingerprint density at radius 3 is 2.91 bits per heavy atom. The second-order valence-electron chi connectivity index (χ2n) is 8.10. The molecule has 0 aliphatic carbocycles. The van der Waals surface area contributed by atoms with Crippen LogP contribution in [0.5, 0.6) is 0 Å². The highest BCUT2D eigenvalue weighted by Gasteiger charge is 2.30. The molecule has 8 nitrogen and oxygen atoms in total. The monoisotopic (exact) mass is 459 g/mol. The van der Waals surface area contributed by atoms with Crippen LogP contribution < -0.4 is 10.2 Å². The molecule has 3 heterocycles. The van der Waals surface area contributed by atoms with Gasteiger partial charge in [-0.05, 0) is 43.2 Å². The topological polar surface area (TPSA) is 102 Å². The summed E-state index contributed by atoms with van der Waals surface area (Å²) in [4.78, 5) is 25.1. The number of nitrogens with one attached hydrogen (secondary N) is 1. The van der Waals surface area contributed by atoms with Crippen LogP contribution in [0.4, 0.5) is 20.1 Å². The van der Waals surface area contributed by atoms with Gasteiger partial charge in [0.1, 0.15) is 0 Å². The van der Waals surface area contributed by atoms with E-state index >= 15 is 0 Å². The first-order valence-electron chi connectivity index (χ1n) is 10.5. The maximum absolute atomic E-state index is 14.6. The number of rotatable bonds is 5. The lowest BCUT2D eigenvalue weighted by Gasteiger charge is -2.40. The Kier molecular flexibility index (Phi) is 6.54. The van der Waals surface area contributed by atoms with E-state index in [0.29, 0.717) is 30.3 Å². The van der Waals surface area contributed by atoms with E-state index in [0.717, 1.165) is 15.8 Å². The van der Waals surface area contributed by atoms with E-state index in [-0.39, 0.29) is 30.9 Å². The molecule has 2 aromatic heterocycles. The number of aliphatic hydroxyl groups excluding tert-OH is 2. The Morgan fingerprint density at radius 1 is 1.38 bits per heavy atom. The summed E-state index contributed by atoms with van der Waals surface area (Å²) in [5, 5.41) is 21.9. The lowest BCUT2D eigenvalue weighted by Crippen LogP contribution is -2.55. The molecule has 32 heavy (non-hydrogen) atoms. The fourth-order valence-corrected chi connectivity index (χ4v) is 4.81. The van der Waals surface area contributed by atoms with Crippen molar-refractivity contribution < 1.29 is 19.4 Å². The van der Waals surface area contributed by atoms with Gasteiger partial charge in [0.15, 0.2) is 16.8 Å². The zero-order valence-corrected chi connectivity index (χ0v) is 18.8. The molecule has 4 rings (SSSR count). The summed E-state index contributed by atoms with van der Waals surface area (Å²) in [6.07, 6.45) is 0.704. The number of benzene rings is 1. The number of anilines is 2. The van der Waals surface area contributed by atoms with Gasteiger partial charge in [-0.15, -0.1) is 0 Å². The number of carbonyl (C=O) groups is 1. The third kappa shape index (κ3) is 4.82. The molecule has 3 N–H and O–H groups in total. The Hall–Kier alpha value is -2.82. The van der Waals surface area contributed by atoms with Crippen LogP contribution in [0.25, 0.3) is 10.2 Å². The summed E-state index contributed by atoms with van der Waals surface area (Å²) in [6.45, 7) is 4.85. The minimum Gasteiger partial charge on any atom is -0.394 e. The molecule has 10 heteroatoms. The summed E-state index contributed by atoms with van der Waals surface area (Å²) in [7, 11) is 0. The Morgan fingerprint density at radius 2 is 2.19 bits per heavy atom. The Labute approximate surface area is 189 Å². The van der Waals surface area contributed by atoms with E-state index in [1.807, 2.05) is 36.9 Å². The zero-order chi connectivity index (χ0) is 22.8. The number of carbonyl (C=O) groups excluding carboxylic acids is 1. The third-order valence-electron chi connectivity index (χ3n) is 5.51. The highest BCUT2D eigenvalue weighted by molar-refractivity contribution is 7.22. The predicted molar refractivity (Wildman–Crippen MR) is 123 cm³/mol. The lowest BCUT2D eigenvalue weighted by atomic mass is 10.1. The summed E-state index contributed by atoms with van der Waals surface area (Å²) in [6, 6.07) is 6.92. The minimum absolute atomic E-state index is 0.135. The van der Waals surface area contributed by atoms with Crippen molar-refractivity contribution >= 4 is 38.5 Å². The molecular formula is C22H26FN5O3S. The summed E-state index contributed by atoms with van der Waals surface area (Å²) in [5.41, 5.74) is 2.51. The smallest absolute Gasteiger partial charge is 0.324 e. The van der Waals surface area contributed by atoms with Crippen molar-refractivity contribution in [1.82, 2.24) is 14.9 Å². The number of halogens is 1. The Balaban J connectivity index is 1.39. The van der Waals surface area contributed by atoms with Crippen LogP contribution in [-0.4, -0.2) is 69.5 Å². The molecule has 2 amide bonds. The minimum atomic E-state index is -0.941. The molecule has 3 aromatic rings. The van der Waals surface area contributed by atoms with E-state index in [1.165, 1.54) is 23.6 Å². The van der Waals surface area contributed by atoms with Crippen LogP contribution in [0, 0.1) is 12.7 Å². The fraction of sp³-hybridized carbons (Fsp3) is 0.409. The van der Waals surface area contributed by atoms with Crippen molar-refractivity contribution in [1.29, 1.82) is 0 Å². The summed E-state index contributed by atoms with van der Waals surface area (Å²) in [5.74, 6) is -0.261. The van der Waals surface area contributed by atoms with Crippen LogP contribution >= 0.6 is 11.3 Å². The first kappa shape index (κ1) is 22.4. The molecule has 1 aliphatic rings. The number of thiazole rings is 1. The van der Waals surface area contributed by atoms with Crippen molar-refractivity contribution in [3.8, 4) is 0 Å². The summed E-state index contributed by atoms with van der Waals surface area (Å²) >= 11 is 1.44. The maximum atomic E-state index is 14.6. The summed E-state index contributed by atoms with van der Waals surface area (Å²) < 4.78 is 15.7. The average Bonchev–Trinajstić information content (AvgIpc) is 3.14. The second kappa shape index (κ2) is 9.35. The highest BCUT2D eigenvalue weighted by Crippen LogP contribution is 2.27. The van der Waals surface area contributed by atoms with Gasteiger partial charge in [0.05, 0.1) is 22.9 Å². The normalized spacial score (nSPS) is 17.6. The lowest BCUT2D eigenvalue weighted by molar-refractivity contribution is 0.0954. The number of aromatic nitrogens is 2. The zero-order valence-electron chi connectivity index (χ0n) is 18.0. The number of aryl methyl sites for hydroxylation is 1. The first-order chi connectivity index (χ1) is 15.3. The SMILES string of the molecule is Cc1ccc2nc(NC(=O)N3CCN(c4ncc(CC(O)CO)cc4F)CC3C)sc2c1. The van der Waals surface area contributed by atoms with Gasteiger partial charge in [0.2, 0.25) is 0 Å². The number of amides is 2. The molecule has 1 fully saturated rings. The fourth-order valence-electron chi connectivity index (χ4n) is 3.85. The molecule has 0 radical (unpaired) electrons. The van der Waals surface area contributed by atoms with Gasteiger partial charge in [-0.25, -0.2) is 19.2 Å². The largest absolute Gasteiger partial charge is 0.394 e. The molecule has 1 aliphatic heterocycles. The van der Waals surface area contributed by atoms with Crippen LogP contribution in [0.15, 0.2) is 30.5 Å². The third-order valence-corrected chi connectivity index (χ3v) is 6.44. The van der Waals surface area contributed by atoms with Gasteiger partial charge < -0.3 is 20.0 Å². The van der Waals surface area contributed by atoms with Crippen molar-refractivity contribution in [3.05, 3.63) is 47.4 Å². The molecule has 0 saturated carbocycles. The predicted octanol–water partition coefficient (Wildman–Crippen LogP) is 2.78. The van der Waals surface area contributed by atoms with Gasteiger partial charge >= 0.3 is 6.03 Å². The van der Waals surface area contributed by atoms with Crippen molar-refractivity contribution in [2.24, 2.45) is 0 Å². The van der Waals surface area contributed by atoms with E-state index in [9.17, 15) is 14.3 Å². The van der Waals surface area contributed by atoms with E-state index in [2.05, 4.69) is 15.3 Å². The van der Waals surface area contributed by atoms with E-state index in [1.54, 1.807) is 4.90 Å². The molecule has 0 bridgehead atoms. The van der Waals surface area contributed by atoms with Gasteiger partial charge in [0.25, 0.3) is 0 Å². The van der Waals surface area contributed by atoms with E-state index < -0.39 is 11.9 Å². The van der Waals surface area contributed by atoms with Crippen LogP contribution in [0.1, 0.15) is 18.1 Å². The molecule has 2 atom stereocenters. The standard InChI is InChI=1S/C22H26FN5O3S/c1-13-3-4-18-19(7-13)32-21(25-18)26-22(31)28-6-5-27(11-14(28)2)20-17(23)9-15(10-24-20)8-16(30)12-29/h3-4,7,9-10,14,16,29-30H,5-6,8,11-12H2,1-2H3,(H,25,26,31). The molecule has 0 spiro atoms. The number of aliphatic hydroxyl groups is 2. The quantitative estimate of drug-likeness (QED) is 0.542. The number of pyridine rings is 1. The van der Waals surface area contributed by atoms with Gasteiger partial charge in [0, 0.05) is 38.3 Å². The van der Waals surface area contributed by atoms with Gasteiger partial charge in [-0.1, -0.05) is 17.4 Å². The average molecular weight is 460 g/mol. The van der Waals surface area contributed by atoms with Crippen LogP contribution in [-0.2, 0) is 6.42 Å². The molecular weight excluding hydrogens is 433 g/mol. The van der Waals surface area contributed by atoms with Crippen molar-refractivity contribution in [3.63, 3.8) is 0 Å². The van der Waals surface area contributed by atoms with Crippen molar-refractivity contribution in [2.45, 2.75) is 32.4 Å². The number of hydrogen-bond donors (Lipinski definition) is 3. The van der Waals surface area contributed by atoms with Crippen LogP contribution in [0.2, 0.25) is 0 Å². The number of hydrogen-bond acceptors (Lipinski definition) is 7.